The summed E-state index contributed by atoms with van der Waals surface area (Å²) in [6.45, 7) is 2.03. The van der Waals surface area contributed by atoms with Crippen LogP contribution in [0.1, 0.15) is 26.2 Å². The molecule has 1 N–H and O–H groups in total. The molecule has 0 bridgehead atoms. The maximum atomic E-state index is 11.8. The Morgan fingerprint density at radius 2 is 2.22 bits per heavy atom. The lowest BCUT2D eigenvalue weighted by molar-refractivity contribution is 0.596. The zero-order valence-electron chi connectivity index (χ0n) is 10.1. The van der Waals surface area contributed by atoms with Crippen molar-refractivity contribution in [3.8, 4) is 0 Å². The largest absolute Gasteiger partial charge is 0.267 e. The van der Waals surface area contributed by atoms with E-state index in [9.17, 15) is 8.42 Å². The lowest BCUT2D eigenvalue weighted by atomic mass is 10.3. The number of hydrogen-bond acceptors (Lipinski definition) is 5. The minimum atomic E-state index is -3.33. The summed E-state index contributed by atoms with van der Waals surface area (Å²) in [6.07, 6.45) is 5.51. The summed E-state index contributed by atoms with van der Waals surface area (Å²) in [5.74, 6) is 0.746. The van der Waals surface area contributed by atoms with Gasteiger partial charge in [0, 0.05) is 12.3 Å². The van der Waals surface area contributed by atoms with Gasteiger partial charge in [-0.05, 0) is 6.42 Å². The lowest BCUT2D eigenvalue weighted by Crippen LogP contribution is -2.17. The van der Waals surface area contributed by atoms with Crippen molar-refractivity contribution in [2.75, 3.05) is 10.5 Å². The number of fused-ring (bicyclic) bond motifs is 1. The quantitative estimate of drug-likeness (QED) is 0.792. The van der Waals surface area contributed by atoms with Gasteiger partial charge < -0.3 is 0 Å². The number of anilines is 1. The van der Waals surface area contributed by atoms with Crippen molar-refractivity contribution in [1.29, 1.82) is 0 Å². The van der Waals surface area contributed by atoms with Gasteiger partial charge in [0.25, 0.3) is 5.78 Å². The smallest absolute Gasteiger partial charge is 0.254 e. The van der Waals surface area contributed by atoms with E-state index in [4.69, 9.17) is 0 Å². The first-order valence-corrected chi connectivity index (χ1v) is 7.43. The van der Waals surface area contributed by atoms with E-state index in [1.165, 1.54) is 10.8 Å². The second-order valence-corrected chi connectivity index (χ2v) is 5.79. The van der Waals surface area contributed by atoms with Gasteiger partial charge in [0.1, 0.15) is 12.1 Å². The highest BCUT2D eigenvalue weighted by Crippen LogP contribution is 2.08. The third-order valence-corrected chi connectivity index (χ3v) is 3.77. The Hall–Kier alpha value is -1.70. The van der Waals surface area contributed by atoms with Crippen LogP contribution in [0.15, 0.2) is 18.6 Å². The van der Waals surface area contributed by atoms with Crippen molar-refractivity contribution in [2.24, 2.45) is 0 Å². The number of nitrogens with zero attached hydrogens (tertiary/aromatic N) is 4. The molecule has 0 radical (unpaired) electrons. The zero-order chi connectivity index (χ0) is 13.0. The molecular formula is C10H15N5O2S. The van der Waals surface area contributed by atoms with E-state index in [1.807, 2.05) is 6.92 Å². The summed E-state index contributed by atoms with van der Waals surface area (Å²) in [4.78, 5) is 7.94. The molecule has 2 rings (SSSR count). The van der Waals surface area contributed by atoms with Crippen molar-refractivity contribution >= 4 is 21.6 Å². The highest BCUT2D eigenvalue weighted by Gasteiger charge is 2.11. The van der Waals surface area contributed by atoms with Crippen LogP contribution in [-0.4, -0.2) is 33.8 Å². The molecule has 0 aromatic carbocycles. The van der Waals surface area contributed by atoms with Crippen LogP contribution in [0.3, 0.4) is 0 Å². The first kappa shape index (κ1) is 12.7. The highest BCUT2D eigenvalue weighted by molar-refractivity contribution is 7.92. The van der Waals surface area contributed by atoms with Gasteiger partial charge in [-0.3, -0.25) is 4.72 Å². The summed E-state index contributed by atoms with van der Waals surface area (Å²) in [5.41, 5.74) is 0. The second-order valence-electron chi connectivity index (χ2n) is 3.95. The molecule has 7 nitrogen and oxygen atoms in total. The first-order valence-electron chi connectivity index (χ1n) is 5.77. The molecule has 0 aliphatic rings. The Labute approximate surface area is 105 Å². The molecule has 0 saturated carbocycles. The van der Waals surface area contributed by atoms with Gasteiger partial charge in [0.15, 0.2) is 0 Å². The summed E-state index contributed by atoms with van der Waals surface area (Å²) < 4.78 is 27.4. The van der Waals surface area contributed by atoms with Crippen molar-refractivity contribution in [1.82, 2.24) is 19.6 Å². The van der Waals surface area contributed by atoms with Gasteiger partial charge in [0.2, 0.25) is 10.0 Å². The Bertz CT molecular complexity index is 622. The SMILES string of the molecule is CCCCCS(=O)(=O)Nc1ccn2ncnc2n1. The van der Waals surface area contributed by atoms with E-state index in [2.05, 4.69) is 19.8 Å². The van der Waals surface area contributed by atoms with Crippen LogP contribution in [0.5, 0.6) is 0 Å². The van der Waals surface area contributed by atoms with Crippen LogP contribution in [0, 0.1) is 0 Å². The molecule has 0 aliphatic carbocycles. The molecule has 0 fully saturated rings. The van der Waals surface area contributed by atoms with Gasteiger partial charge >= 0.3 is 0 Å². The van der Waals surface area contributed by atoms with Crippen LogP contribution < -0.4 is 4.72 Å². The number of hydrogen-bond donors (Lipinski definition) is 1. The Morgan fingerprint density at radius 1 is 1.39 bits per heavy atom. The Balaban J connectivity index is 2.07. The maximum absolute atomic E-state index is 11.8. The standard InChI is InChI=1S/C10H15N5O2S/c1-2-3-4-7-18(16,17)14-9-5-6-15-10(13-9)11-8-12-15/h5-6,8H,2-4,7H2,1H3,(H,11,12,13,14). The summed E-state index contributed by atoms with van der Waals surface area (Å²) in [6, 6.07) is 1.55. The lowest BCUT2D eigenvalue weighted by Gasteiger charge is -2.06. The summed E-state index contributed by atoms with van der Waals surface area (Å²) >= 11 is 0. The van der Waals surface area contributed by atoms with Crippen LogP contribution in [-0.2, 0) is 10.0 Å². The maximum Gasteiger partial charge on any atom is 0.254 e. The van der Waals surface area contributed by atoms with Gasteiger partial charge in [-0.25, -0.2) is 12.9 Å². The van der Waals surface area contributed by atoms with E-state index in [-0.39, 0.29) is 11.6 Å². The van der Waals surface area contributed by atoms with Crippen molar-refractivity contribution in [3.63, 3.8) is 0 Å². The van der Waals surface area contributed by atoms with Crippen LogP contribution in [0.4, 0.5) is 5.82 Å². The molecule has 18 heavy (non-hydrogen) atoms. The third-order valence-electron chi connectivity index (χ3n) is 2.42. The van der Waals surface area contributed by atoms with Crippen molar-refractivity contribution in [3.05, 3.63) is 18.6 Å². The molecule has 0 atom stereocenters. The molecule has 0 aliphatic heterocycles. The van der Waals surface area contributed by atoms with Crippen molar-refractivity contribution in [2.45, 2.75) is 26.2 Å². The molecule has 0 unspecified atom stereocenters. The van der Waals surface area contributed by atoms with Crippen molar-refractivity contribution < 1.29 is 8.42 Å². The first-order chi connectivity index (χ1) is 8.61. The minimum Gasteiger partial charge on any atom is -0.267 e. The topological polar surface area (TPSA) is 89.2 Å². The average Bonchev–Trinajstić information content (AvgIpc) is 2.75. The Kier molecular flexibility index (Phi) is 3.75. The minimum absolute atomic E-state index is 0.111. The summed E-state index contributed by atoms with van der Waals surface area (Å²) in [7, 11) is -3.33. The Morgan fingerprint density at radius 3 is 3.00 bits per heavy atom. The molecule has 2 aromatic rings. The van der Waals surface area contributed by atoms with E-state index in [0.29, 0.717) is 12.2 Å². The zero-order valence-corrected chi connectivity index (χ0v) is 10.9. The molecular weight excluding hydrogens is 254 g/mol. The predicted octanol–water partition coefficient (Wildman–Crippen LogP) is 1.06. The molecule has 2 heterocycles. The molecule has 0 saturated heterocycles. The second kappa shape index (κ2) is 5.30. The number of nitrogens with one attached hydrogen (secondary N) is 1. The van der Waals surface area contributed by atoms with Crippen LogP contribution >= 0.6 is 0 Å². The van der Waals surface area contributed by atoms with Crippen LogP contribution in [0.25, 0.3) is 5.78 Å². The number of unbranched alkanes of at least 4 members (excludes halogenated alkanes) is 2. The van der Waals surface area contributed by atoms with Gasteiger partial charge in [-0.1, -0.05) is 19.8 Å². The molecule has 2 aromatic heterocycles. The van der Waals surface area contributed by atoms with E-state index in [0.717, 1.165) is 12.8 Å². The summed E-state index contributed by atoms with van der Waals surface area (Å²) in [5, 5.41) is 3.88. The normalized spacial score (nSPS) is 11.8. The van der Waals surface area contributed by atoms with E-state index >= 15 is 0 Å². The number of sulfonamides is 1. The fourth-order valence-corrected chi connectivity index (χ4v) is 2.64. The van der Waals surface area contributed by atoms with Gasteiger partial charge in [-0.2, -0.15) is 15.1 Å². The number of rotatable bonds is 6. The van der Waals surface area contributed by atoms with Gasteiger partial charge in [0.05, 0.1) is 5.75 Å². The average molecular weight is 269 g/mol. The fourth-order valence-electron chi connectivity index (χ4n) is 1.52. The van der Waals surface area contributed by atoms with E-state index < -0.39 is 10.0 Å². The highest BCUT2D eigenvalue weighted by atomic mass is 32.2. The fraction of sp³-hybridized carbons (Fsp3) is 0.500. The number of aromatic nitrogens is 4. The molecule has 8 heteroatoms. The third kappa shape index (κ3) is 3.16. The van der Waals surface area contributed by atoms with E-state index in [1.54, 1.807) is 12.3 Å². The molecule has 0 spiro atoms. The molecule has 0 amide bonds. The predicted molar refractivity (Wildman–Crippen MR) is 67.7 cm³/mol. The monoisotopic (exact) mass is 269 g/mol. The van der Waals surface area contributed by atoms with Gasteiger partial charge in [-0.15, -0.1) is 0 Å². The molecule has 98 valence electrons. The van der Waals surface area contributed by atoms with Crippen LogP contribution in [0.2, 0.25) is 0 Å².